The number of thiazole rings is 1. The normalized spacial score (nSPS) is 15.1. The summed E-state index contributed by atoms with van der Waals surface area (Å²) in [4.78, 5) is 16.5. The third-order valence-corrected chi connectivity index (χ3v) is 6.76. The van der Waals surface area contributed by atoms with Gasteiger partial charge in [-0.1, -0.05) is 53.9 Å². The second kappa shape index (κ2) is 9.62. The Morgan fingerprint density at radius 1 is 1.13 bits per heavy atom. The van der Waals surface area contributed by atoms with Gasteiger partial charge in [-0.05, 0) is 42.7 Å². The van der Waals surface area contributed by atoms with Gasteiger partial charge in [0.2, 0.25) is 4.80 Å². The number of non-ortho nitro benzene ring substituents is 1. The maximum Gasteiger partial charge on any atom is 0.269 e. The predicted octanol–water partition coefficient (Wildman–Crippen LogP) is 6.34. The van der Waals surface area contributed by atoms with E-state index in [1.54, 1.807) is 23.5 Å². The lowest BCUT2D eigenvalue weighted by Crippen LogP contribution is -2.27. The fraction of sp³-hybridized carbons (Fsp3) is 0.261. The number of hydrogen-bond donors (Lipinski definition) is 1. The van der Waals surface area contributed by atoms with Crippen LogP contribution in [0.15, 0.2) is 70.0 Å². The number of nitro benzene ring substituents is 1. The number of nitro groups is 1. The Labute approximate surface area is 193 Å². The van der Waals surface area contributed by atoms with Crippen LogP contribution in [-0.2, 0) is 0 Å². The van der Waals surface area contributed by atoms with Crippen molar-refractivity contribution in [3.05, 3.63) is 85.4 Å². The number of hydrogen-bond acceptors (Lipinski definition) is 5. The molecule has 1 heterocycles. The summed E-state index contributed by atoms with van der Waals surface area (Å²) in [6.45, 7) is 4.22. The standard InChI is InChI=1S/C23H23BrN4O2S/c1-16(17-7-11-19(24)12-8-17)26-27-22(18-9-13-21(14-10-18)28(29)30)15-31-23(27)25-20-5-3-2-4-6-20/h7-15,20,26H,1-6H2. The quantitative estimate of drug-likeness (QED) is 0.318. The minimum absolute atomic E-state index is 0.0740. The Hall–Kier alpha value is -2.71. The van der Waals surface area contributed by atoms with E-state index in [1.165, 1.54) is 31.4 Å². The molecule has 0 amide bonds. The highest BCUT2D eigenvalue weighted by Gasteiger charge is 2.15. The molecule has 160 valence electrons. The van der Waals surface area contributed by atoms with Gasteiger partial charge in [-0.25, -0.2) is 4.68 Å². The minimum Gasteiger partial charge on any atom is -0.292 e. The van der Waals surface area contributed by atoms with Crippen LogP contribution >= 0.6 is 27.3 Å². The molecule has 1 saturated carbocycles. The van der Waals surface area contributed by atoms with Gasteiger partial charge in [0.05, 0.1) is 22.4 Å². The molecule has 3 aromatic rings. The van der Waals surface area contributed by atoms with Crippen LogP contribution in [0, 0.1) is 10.1 Å². The van der Waals surface area contributed by atoms with Crippen molar-refractivity contribution < 1.29 is 4.92 Å². The van der Waals surface area contributed by atoms with Crippen molar-refractivity contribution >= 4 is 38.7 Å². The first-order valence-corrected chi connectivity index (χ1v) is 11.9. The maximum absolute atomic E-state index is 11.0. The maximum atomic E-state index is 11.0. The predicted molar refractivity (Wildman–Crippen MR) is 129 cm³/mol. The third-order valence-electron chi connectivity index (χ3n) is 5.39. The summed E-state index contributed by atoms with van der Waals surface area (Å²) in [5, 5.41) is 13.1. The molecule has 31 heavy (non-hydrogen) atoms. The van der Waals surface area contributed by atoms with Gasteiger partial charge in [0.15, 0.2) is 0 Å². The van der Waals surface area contributed by atoms with Gasteiger partial charge >= 0.3 is 0 Å². The molecule has 0 saturated heterocycles. The Morgan fingerprint density at radius 3 is 2.45 bits per heavy atom. The zero-order valence-electron chi connectivity index (χ0n) is 17.0. The molecule has 0 bridgehead atoms. The molecule has 0 spiro atoms. The molecule has 8 heteroatoms. The van der Waals surface area contributed by atoms with Crippen LogP contribution in [0.2, 0.25) is 0 Å². The monoisotopic (exact) mass is 498 g/mol. The highest BCUT2D eigenvalue weighted by atomic mass is 79.9. The molecule has 0 radical (unpaired) electrons. The Morgan fingerprint density at radius 2 is 1.81 bits per heavy atom. The average molecular weight is 499 g/mol. The van der Waals surface area contributed by atoms with Crippen molar-refractivity contribution in [2.45, 2.75) is 38.1 Å². The van der Waals surface area contributed by atoms with E-state index in [9.17, 15) is 10.1 Å². The first kappa shape index (κ1) is 21.5. The molecule has 1 aliphatic rings. The molecular weight excluding hydrogens is 476 g/mol. The largest absolute Gasteiger partial charge is 0.292 e. The van der Waals surface area contributed by atoms with Gasteiger partial charge in [0.1, 0.15) is 0 Å². The Bertz CT molecular complexity index is 1140. The molecular formula is C23H23BrN4O2S. The van der Waals surface area contributed by atoms with Crippen molar-refractivity contribution in [1.82, 2.24) is 4.68 Å². The van der Waals surface area contributed by atoms with Crippen LogP contribution in [-0.4, -0.2) is 15.6 Å². The average Bonchev–Trinajstić information content (AvgIpc) is 3.17. The van der Waals surface area contributed by atoms with Crippen LogP contribution < -0.4 is 10.2 Å². The molecule has 6 nitrogen and oxygen atoms in total. The lowest BCUT2D eigenvalue weighted by molar-refractivity contribution is -0.384. The van der Waals surface area contributed by atoms with E-state index >= 15 is 0 Å². The van der Waals surface area contributed by atoms with Crippen LogP contribution in [0.1, 0.15) is 37.7 Å². The van der Waals surface area contributed by atoms with Crippen molar-refractivity contribution in [2.75, 3.05) is 5.43 Å². The van der Waals surface area contributed by atoms with Crippen molar-refractivity contribution in [3.63, 3.8) is 0 Å². The molecule has 1 N–H and O–H groups in total. The van der Waals surface area contributed by atoms with Crippen molar-refractivity contribution in [1.29, 1.82) is 0 Å². The summed E-state index contributed by atoms with van der Waals surface area (Å²) in [7, 11) is 0. The molecule has 2 aromatic carbocycles. The van der Waals surface area contributed by atoms with E-state index in [4.69, 9.17) is 4.99 Å². The number of aromatic nitrogens is 1. The van der Waals surface area contributed by atoms with Crippen molar-refractivity contribution in [2.24, 2.45) is 4.99 Å². The lowest BCUT2D eigenvalue weighted by Gasteiger charge is -2.18. The summed E-state index contributed by atoms with van der Waals surface area (Å²) in [6, 6.07) is 14.9. The number of halogens is 1. The van der Waals surface area contributed by atoms with Gasteiger partial charge in [-0.3, -0.25) is 20.5 Å². The summed E-state index contributed by atoms with van der Waals surface area (Å²) in [5.74, 6) is 0. The summed E-state index contributed by atoms with van der Waals surface area (Å²) in [6.07, 6.45) is 5.93. The van der Waals surface area contributed by atoms with E-state index in [1.807, 2.05) is 34.3 Å². The molecule has 1 fully saturated rings. The second-order valence-corrected chi connectivity index (χ2v) is 9.31. The van der Waals surface area contributed by atoms with E-state index in [-0.39, 0.29) is 10.6 Å². The number of rotatable bonds is 6. The highest BCUT2D eigenvalue weighted by molar-refractivity contribution is 9.10. The summed E-state index contributed by atoms with van der Waals surface area (Å²) in [5.41, 5.74) is 6.98. The minimum atomic E-state index is -0.386. The zero-order valence-corrected chi connectivity index (χ0v) is 19.4. The SMILES string of the molecule is C=C(Nn1c(-c2ccc([N+](=O)[O-])cc2)csc1=NC1CCCCC1)c1ccc(Br)cc1. The zero-order chi connectivity index (χ0) is 21.8. The number of nitrogens with one attached hydrogen (secondary N) is 1. The fourth-order valence-corrected chi connectivity index (χ4v) is 4.86. The topological polar surface area (TPSA) is 72.5 Å². The molecule has 0 unspecified atom stereocenters. The first-order valence-electron chi connectivity index (χ1n) is 10.2. The van der Waals surface area contributed by atoms with Crippen LogP contribution in [0.4, 0.5) is 5.69 Å². The molecule has 0 aliphatic heterocycles. The van der Waals surface area contributed by atoms with Crippen LogP contribution in [0.5, 0.6) is 0 Å². The molecule has 1 aliphatic carbocycles. The van der Waals surface area contributed by atoms with E-state index in [0.717, 1.165) is 44.6 Å². The van der Waals surface area contributed by atoms with Gasteiger partial charge in [0, 0.05) is 27.5 Å². The van der Waals surface area contributed by atoms with E-state index in [2.05, 4.69) is 27.9 Å². The molecule has 0 atom stereocenters. The van der Waals surface area contributed by atoms with E-state index < -0.39 is 0 Å². The molecule has 1 aromatic heterocycles. The Balaban J connectivity index is 1.72. The summed E-state index contributed by atoms with van der Waals surface area (Å²) >= 11 is 5.03. The summed E-state index contributed by atoms with van der Waals surface area (Å²) < 4.78 is 2.96. The first-order chi connectivity index (χ1) is 15.0. The van der Waals surface area contributed by atoms with Crippen LogP contribution in [0.25, 0.3) is 17.0 Å². The van der Waals surface area contributed by atoms with Gasteiger partial charge < -0.3 is 0 Å². The molecule has 4 rings (SSSR count). The van der Waals surface area contributed by atoms with E-state index in [0.29, 0.717) is 6.04 Å². The van der Waals surface area contributed by atoms with Crippen LogP contribution in [0.3, 0.4) is 0 Å². The fourth-order valence-electron chi connectivity index (χ4n) is 3.68. The van der Waals surface area contributed by atoms with Gasteiger partial charge in [0.25, 0.3) is 5.69 Å². The highest BCUT2D eigenvalue weighted by Crippen LogP contribution is 2.25. The Kier molecular flexibility index (Phi) is 6.67. The number of benzene rings is 2. The smallest absolute Gasteiger partial charge is 0.269 e. The third kappa shape index (κ3) is 5.14. The van der Waals surface area contributed by atoms with Gasteiger partial charge in [-0.2, -0.15) is 0 Å². The van der Waals surface area contributed by atoms with Crippen molar-refractivity contribution in [3.8, 4) is 11.3 Å². The number of nitrogens with zero attached hydrogens (tertiary/aromatic N) is 3. The van der Waals surface area contributed by atoms with Gasteiger partial charge in [-0.15, -0.1) is 11.3 Å². The lowest BCUT2D eigenvalue weighted by atomic mass is 9.96. The second-order valence-electron chi connectivity index (χ2n) is 7.56.